The van der Waals surface area contributed by atoms with Crippen molar-refractivity contribution in [2.45, 2.75) is 0 Å². The van der Waals surface area contributed by atoms with Gasteiger partial charge in [0.2, 0.25) is 0 Å². The summed E-state index contributed by atoms with van der Waals surface area (Å²) in [6.45, 7) is 0. The van der Waals surface area contributed by atoms with Crippen LogP contribution >= 0.6 is 0 Å². The predicted octanol–water partition coefficient (Wildman–Crippen LogP) is 17.1. The first-order valence-corrected chi connectivity index (χ1v) is 24.2. The Morgan fingerprint density at radius 1 is 0.250 bits per heavy atom. The van der Waals surface area contributed by atoms with Crippen LogP contribution in [0.2, 0.25) is 0 Å². The van der Waals surface area contributed by atoms with Crippen molar-refractivity contribution in [2.24, 2.45) is 0 Å². The van der Waals surface area contributed by atoms with Gasteiger partial charge in [-0.3, -0.25) is 0 Å². The number of anilines is 12. The van der Waals surface area contributed by atoms with Crippen LogP contribution in [0.25, 0.3) is 11.1 Å². The molecule has 14 rings (SSSR count). The maximum absolute atomic E-state index is 10.9. The molecular formula is C64H34N8O4. The molecule has 4 aliphatic rings. The maximum atomic E-state index is 10.9. The first-order chi connectivity index (χ1) is 37.5. The summed E-state index contributed by atoms with van der Waals surface area (Å²) in [4.78, 5) is 8.04. The molecule has 0 amide bonds. The Balaban J connectivity index is 0.921. The van der Waals surface area contributed by atoms with Crippen molar-refractivity contribution in [3.8, 4) is 81.4 Å². The molecule has 76 heavy (non-hydrogen) atoms. The van der Waals surface area contributed by atoms with Crippen molar-refractivity contribution >= 4 is 68.2 Å². The highest BCUT2D eigenvalue weighted by Gasteiger charge is 2.36. The number of nitrogens with zero attached hydrogens (tertiary/aromatic N) is 8. The second-order valence-electron chi connectivity index (χ2n) is 18.1. The number of benzene rings is 10. The number of para-hydroxylation sites is 13. The molecule has 354 valence electrons. The SMILES string of the molecule is N#Cc1cc(C#N)c(N2c3ccccc3Oc3cc(-c4cccc5c4Oc4ccccc4N5c4cc(N5c6ccccc6Oc6ccccc65)c(C#N)cc4C#N)ccc32)cc1N1c2ccccc2Oc2ccccc21. The summed E-state index contributed by atoms with van der Waals surface area (Å²) in [7, 11) is 0. The average Bonchev–Trinajstić information content (AvgIpc) is 3.56. The van der Waals surface area contributed by atoms with Crippen LogP contribution in [0.3, 0.4) is 0 Å². The van der Waals surface area contributed by atoms with Crippen LogP contribution in [0.1, 0.15) is 22.3 Å². The van der Waals surface area contributed by atoms with Crippen molar-refractivity contribution in [3.63, 3.8) is 0 Å². The first kappa shape index (κ1) is 43.4. The van der Waals surface area contributed by atoms with E-state index in [0.29, 0.717) is 103 Å². The van der Waals surface area contributed by atoms with E-state index in [1.807, 2.05) is 214 Å². The highest BCUT2D eigenvalue weighted by atomic mass is 16.5. The molecule has 10 aromatic carbocycles. The van der Waals surface area contributed by atoms with Crippen molar-refractivity contribution in [1.29, 1.82) is 21.0 Å². The standard InChI is InChI=1S/C64H34N8O4/c65-35-40-30-42(37-67)55(33-53(40)69-45-15-1-7-22-57(45)73-58-23-8-2-16-46(58)69)71-49-19-5-11-26-61(49)75-63-32-39(28-29-51(63)71)44-14-13-21-52-64(44)76-62-27-12-6-20-50(62)72(52)56-34-54(41(36-66)31-43(56)38-68)70-47-17-3-9-24-59(47)74-60-25-10-4-18-48(60)70/h1-34H. The molecule has 0 bridgehead atoms. The third-order valence-corrected chi connectivity index (χ3v) is 13.9. The summed E-state index contributed by atoms with van der Waals surface area (Å²) in [5, 5.41) is 43.3. The average molecular weight is 979 g/mol. The normalized spacial score (nSPS) is 12.7. The third-order valence-electron chi connectivity index (χ3n) is 13.9. The summed E-state index contributed by atoms with van der Waals surface area (Å²) in [5.41, 5.74) is 10.6. The molecule has 4 heterocycles. The van der Waals surface area contributed by atoms with E-state index in [2.05, 4.69) is 24.3 Å². The largest absolute Gasteiger partial charge is 0.453 e. The van der Waals surface area contributed by atoms with Gasteiger partial charge in [0, 0.05) is 5.56 Å². The summed E-state index contributed by atoms with van der Waals surface area (Å²) in [5.74, 6) is 4.65. The van der Waals surface area contributed by atoms with E-state index >= 15 is 0 Å². The van der Waals surface area contributed by atoms with E-state index in [9.17, 15) is 21.0 Å². The number of hydrogen-bond donors (Lipinski definition) is 0. The van der Waals surface area contributed by atoms with Gasteiger partial charge in [-0.2, -0.15) is 21.0 Å². The smallest absolute Gasteiger partial charge is 0.159 e. The topological polar surface area (TPSA) is 145 Å². The van der Waals surface area contributed by atoms with Gasteiger partial charge in [-0.1, -0.05) is 91.0 Å². The number of hydrogen-bond acceptors (Lipinski definition) is 12. The van der Waals surface area contributed by atoms with Gasteiger partial charge in [0.15, 0.2) is 46.0 Å². The molecule has 0 aliphatic carbocycles. The van der Waals surface area contributed by atoms with Gasteiger partial charge in [0.05, 0.1) is 90.5 Å². The minimum atomic E-state index is 0.286. The number of fused-ring (bicyclic) bond motifs is 8. The first-order valence-electron chi connectivity index (χ1n) is 24.2. The van der Waals surface area contributed by atoms with Crippen LogP contribution in [0.5, 0.6) is 46.0 Å². The number of nitriles is 4. The van der Waals surface area contributed by atoms with E-state index in [1.165, 1.54) is 0 Å². The summed E-state index contributed by atoms with van der Waals surface area (Å²) >= 11 is 0. The van der Waals surface area contributed by atoms with Gasteiger partial charge in [-0.05, 0) is 121 Å². The lowest BCUT2D eigenvalue weighted by atomic mass is 9.98. The van der Waals surface area contributed by atoms with Crippen LogP contribution in [-0.4, -0.2) is 0 Å². The zero-order valence-corrected chi connectivity index (χ0v) is 39.8. The fourth-order valence-corrected chi connectivity index (χ4v) is 10.6. The zero-order valence-electron chi connectivity index (χ0n) is 39.8. The molecule has 0 atom stereocenters. The Labute approximate surface area is 435 Å². The molecule has 12 heteroatoms. The van der Waals surface area contributed by atoms with Crippen LogP contribution in [0, 0.1) is 45.3 Å². The Bertz CT molecular complexity index is 4220. The summed E-state index contributed by atoms with van der Waals surface area (Å²) in [6, 6.07) is 74.5. The van der Waals surface area contributed by atoms with E-state index in [0.717, 1.165) is 33.9 Å². The highest BCUT2D eigenvalue weighted by molar-refractivity contribution is 5.99. The van der Waals surface area contributed by atoms with Gasteiger partial charge < -0.3 is 38.5 Å². The fourth-order valence-electron chi connectivity index (χ4n) is 10.6. The van der Waals surface area contributed by atoms with Crippen molar-refractivity contribution in [1.82, 2.24) is 0 Å². The number of rotatable bonds is 5. The molecular weight excluding hydrogens is 945 g/mol. The van der Waals surface area contributed by atoms with E-state index < -0.39 is 0 Å². The highest BCUT2D eigenvalue weighted by Crippen LogP contribution is 2.59. The summed E-state index contributed by atoms with van der Waals surface area (Å²) in [6.07, 6.45) is 0. The molecule has 0 spiro atoms. The van der Waals surface area contributed by atoms with Gasteiger partial charge in [-0.15, -0.1) is 0 Å². The van der Waals surface area contributed by atoms with Gasteiger partial charge in [-0.25, -0.2) is 0 Å². The van der Waals surface area contributed by atoms with Gasteiger partial charge >= 0.3 is 0 Å². The Morgan fingerprint density at radius 2 is 0.553 bits per heavy atom. The second kappa shape index (κ2) is 17.1. The fraction of sp³-hybridized carbons (Fsp3) is 0. The molecule has 0 N–H and O–H groups in total. The molecule has 0 aromatic heterocycles. The van der Waals surface area contributed by atoms with Crippen LogP contribution < -0.4 is 38.5 Å². The van der Waals surface area contributed by atoms with E-state index in [4.69, 9.17) is 18.9 Å². The molecule has 10 aromatic rings. The third kappa shape index (κ3) is 6.60. The van der Waals surface area contributed by atoms with Crippen LogP contribution in [0.15, 0.2) is 206 Å². The van der Waals surface area contributed by atoms with Crippen LogP contribution in [-0.2, 0) is 0 Å². The minimum absolute atomic E-state index is 0.286. The lowest BCUT2D eigenvalue weighted by Gasteiger charge is -2.37. The van der Waals surface area contributed by atoms with Crippen molar-refractivity contribution in [3.05, 3.63) is 229 Å². The van der Waals surface area contributed by atoms with Crippen molar-refractivity contribution in [2.75, 3.05) is 19.6 Å². The lowest BCUT2D eigenvalue weighted by molar-refractivity contribution is 0.475. The summed E-state index contributed by atoms with van der Waals surface area (Å²) < 4.78 is 26.4. The molecule has 12 nitrogen and oxygen atoms in total. The Kier molecular flexibility index (Phi) is 9.76. The Morgan fingerprint density at radius 3 is 0.921 bits per heavy atom. The minimum Gasteiger partial charge on any atom is -0.453 e. The van der Waals surface area contributed by atoms with Crippen LogP contribution in [0.4, 0.5) is 68.2 Å². The second-order valence-corrected chi connectivity index (χ2v) is 18.1. The number of ether oxygens (including phenoxy) is 4. The molecule has 0 saturated carbocycles. The molecule has 4 aliphatic heterocycles. The Hall–Kier alpha value is -11.4. The molecule has 0 radical (unpaired) electrons. The van der Waals surface area contributed by atoms with Crippen molar-refractivity contribution < 1.29 is 18.9 Å². The van der Waals surface area contributed by atoms with E-state index in [-0.39, 0.29) is 11.1 Å². The quantitative estimate of drug-likeness (QED) is 0.162. The lowest BCUT2D eigenvalue weighted by Crippen LogP contribution is -2.20. The maximum Gasteiger partial charge on any atom is 0.159 e. The van der Waals surface area contributed by atoms with E-state index in [1.54, 1.807) is 12.1 Å². The zero-order chi connectivity index (χ0) is 51.0. The molecule has 0 fully saturated rings. The monoisotopic (exact) mass is 978 g/mol. The molecule has 0 saturated heterocycles. The predicted molar refractivity (Wildman–Crippen MR) is 290 cm³/mol. The van der Waals surface area contributed by atoms with Gasteiger partial charge in [0.25, 0.3) is 0 Å². The van der Waals surface area contributed by atoms with Gasteiger partial charge in [0.1, 0.15) is 24.3 Å². The molecule has 0 unspecified atom stereocenters.